The number of aliphatic carboxylic acids is 1. The first-order chi connectivity index (χ1) is 10.5. The van der Waals surface area contributed by atoms with Crippen molar-refractivity contribution in [2.75, 3.05) is 10.6 Å². The largest absolute Gasteiger partial charge is 0.481 e. The summed E-state index contributed by atoms with van der Waals surface area (Å²) >= 11 is 0. The van der Waals surface area contributed by atoms with E-state index in [4.69, 9.17) is 10.8 Å². The van der Waals surface area contributed by atoms with Crippen LogP contribution in [0.5, 0.6) is 0 Å². The molecule has 3 N–H and O–H groups in total. The molecular formula is C17H16N2O3. The Morgan fingerprint density at radius 3 is 2.55 bits per heavy atom. The first-order valence-electron chi connectivity index (χ1n) is 7.00. The fraction of sp³-hybridized carbons (Fsp3) is 0.176. The summed E-state index contributed by atoms with van der Waals surface area (Å²) in [5.41, 5.74) is 9.34. The summed E-state index contributed by atoms with van der Waals surface area (Å²) in [5.74, 6) is -1.52. The number of carboxylic acids is 1. The molecule has 0 bridgehead atoms. The first kappa shape index (κ1) is 14.1. The standard InChI is InChI=1S/C17H16N2O3/c1-10(17(21)22)11-3-6-14(7-4-11)19-9-12-2-5-13(18)8-15(12)16(19)20/h2-8,10H,9,18H2,1H3,(H,21,22). The van der Waals surface area contributed by atoms with Crippen molar-refractivity contribution in [3.05, 3.63) is 59.2 Å². The fourth-order valence-corrected chi connectivity index (χ4v) is 2.61. The number of nitrogens with zero attached hydrogens (tertiary/aromatic N) is 1. The number of hydrogen-bond donors (Lipinski definition) is 2. The Morgan fingerprint density at radius 1 is 1.23 bits per heavy atom. The van der Waals surface area contributed by atoms with Crippen LogP contribution in [0, 0.1) is 0 Å². The summed E-state index contributed by atoms with van der Waals surface area (Å²) in [5, 5.41) is 9.03. The van der Waals surface area contributed by atoms with Crippen LogP contribution in [0.25, 0.3) is 0 Å². The van der Waals surface area contributed by atoms with Gasteiger partial charge in [0.1, 0.15) is 0 Å². The molecule has 112 valence electrons. The molecule has 0 saturated heterocycles. The first-order valence-corrected chi connectivity index (χ1v) is 7.00. The molecule has 0 aromatic heterocycles. The van der Waals surface area contributed by atoms with Gasteiger partial charge in [0.25, 0.3) is 5.91 Å². The monoisotopic (exact) mass is 296 g/mol. The number of nitrogen functional groups attached to an aromatic ring is 1. The van der Waals surface area contributed by atoms with Crippen molar-refractivity contribution in [3.8, 4) is 0 Å². The Morgan fingerprint density at radius 2 is 1.91 bits per heavy atom. The lowest BCUT2D eigenvalue weighted by Gasteiger charge is -2.16. The summed E-state index contributed by atoms with van der Waals surface area (Å²) < 4.78 is 0. The van der Waals surface area contributed by atoms with Crippen LogP contribution in [0.2, 0.25) is 0 Å². The van der Waals surface area contributed by atoms with Crippen LogP contribution in [0.4, 0.5) is 11.4 Å². The third-order valence-electron chi connectivity index (χ3n) is 4.01. The van der Waals surface area contributed by atoms with Crippen molar-refractivity contribution in [1.82, 2.24) is 0 Å². The molecule has 0 radical (unpaired) electrons. The van der Waals surface area contributed by atoms with Crippen LogP contribution in [0.1, 0.15) is 34.3 Å². The predicted molar refractivity (Wildman–Crippen MR) is 83.9 cm³/mol. The molecule has 1 aliphatic rings. The van der Waals surface area contributed by atoms with Gasteiger partial charge in [-0.15, -0.1) is 0 Å². The molecule has 1 aliphatic heterocycles. The van der Waals surface area contributed by atoms with Crippen LogP contribution in [0.15, 0.2) is 42.5 Å². The average Bonchev–Trinajstić information content (AvgIpc) is 2.83. The topological polar surface area (TPSA) is 83.6 Å². The zero-order valence-corrected chi connectivity index (χ0v) is 12.1. The highest BCUT2D eigenvalue weighted by molar-refractivity contribution is 6.10. The maximum absolute atomic E-state index is 12.5. The lowest BCUT2D eigenvalue weighted by molar-refractivity contribution is -0.138. The number of anilines is 2. The highest BCUT2D eigenvalue weighted by atomic mass is 16.4. The summed E-state index contributed by atoms with van der Waals surface area (Å²) in [7, 11) is 0. The zero-order valence-electron chi connectivity index (χ0n) is 12.1. The van der Waals surface area contributed by atoms with E-state index < -0.39 is 11.9 Å². The SMILES string of the molecule is CC(C(=O)O)c1ccc(N2Cc3ccc(N)cc3C2=O)cc1. The van der Waals surface area contributed by atoms with E-state index in [0.29, 0.717) is 23.4 Å². The lowest BCUT2D eigenvalue weighted by Crippen LogP contribution is -2.23. The second-order valence-corrected chi connectivity index (χ2v) is 5.46. The molecule has 22 heavy (non-hydrogen) atoms. The molecule has 0 fully saturated rings. The smallest absolute Gasteiger partial charge is 0.310 e. The van der Waals surface area contributed by atoms with Crippen molar-refractivity contribution in [1.29, 1.82) is 0 Å². The number of nitrogens with two attached hydrogens (primary N) is 1. The lowest BCUT2D eigenvalue weighted by atomic mass is 10.0. The van der Waals surface area contributed by atoms with Gasteiger partial charge in [0.15, 0.2) is 0 Å². The number of rotatable bonds is 3. The van der Waals surface area contributed by atoms with Crippen LogP contribution < -0.4 is 10.6 Å². The third kappa shape index (κ3) is 2.30. The molecule has 5 heteroatoms. The Labute approximate surface area is 128 Å². The van der Waals surface area contributed by atoms with Gasteiger partial charge in [0, 0.05) is 16.9 Å². The van der Waals surface area contributed by atoms with Gasteiger partial charge in [-0.3, -0.25) is 9.59 Å². The number of fused-ring (bicyclic) bond motifs is 1. The molecule has 1 atom stereocenters. The van der Waals surface area contributed by atoms with Crippen molar-refractivity contribution < 1.29 is 14.7 Å². The predicted octanol–water partition coefficient (Wildman–Crippen LogP) is 2.62. The van der Waals surface area contributed by atoms with Crippen molar-refractivity contribution in [2.24, 2.45) is 0 Å². The second-order valence-electron chi connectivity index (χ2n) is 5.46. The Bertz CT molecular complexity index is 753. The minimum atomic E-state index is -0.868. The molecule has 0 aliphatic carbocycles. The van der Waals surface area contributed by atoms with Crippen LogP contribution in [-0.2, 0) is 11.3 Å². The van der Waals surface area contributed by atoms with Gasteiger partial charge in [-0.2, -0.15) is 0 Å². The minimum Gasteiger partial charge on any atom is -0.481 e. The van der Waals surface area contributed by atoms with E-state index in [9.17, 15) is 9.59 Å². The maximum Gasteiger partial charge on any atom is 0.310 e. The van der Waals surface area contributed by atoms with Crippen LogP contribution >= 0.6 is 0 Å². The van der Waals surface area contributed by atoms with Gasteiger partial charge in [-0.25, -0.2) is 0 Å². The summed E-state index contributed by atoms with van der Waals surface area (Å²) in [4.78, 5) is 25.1. The molecule has 2 aromatic rings. The molecule has 1 unspecified atom stereocenters. The number of hydrogen-bond acceptors (Lipinski definition) is 3. The van der Waals surface area contributed by atoms with Gasteiger partial charge in [0.2, 0.25) is 0 Å². The Hall–Kier alpha value is -2.82. The number of carbonyl (C=O) groups excluding carboxylic acids is 1. The summed E-state index contributed by atoms with van der Waals surface area (Å²) in [6.07, 6.45) is 0. The van der Waals surface area contributed by atoms with Gasteiger partial charge >= 0.3 is 5.97 Å². The molecule has 0 spiro atoms. The van der Waals surface area contributed by atoms with Gasteiger partial charge in [0.05, 0.1) is 12.5 Å². The zero-order chi connectivity index (χ0) is 15.9. The van der Waals surface area contributed by atoms with E-state index in [1.54, 1.807) is 48.2 Å². The van der Waals surface area contributed by atoms with Crippen LogP contribution in [-0.4, -0.2) is 17.0 Å². The molecular weight excluding hydrogens is 280 g/mol. The van der Waals surface area contributed by atoms with E-state index in [0.717, 1.165) is 11.3 Å². The van der Waals surface area contributed by atoms with Gasteiger partial charge in [-0.1, -0.05) is 18.2 Å². The fourth-order valence-electron chi connectivity index (χ4n) is 2.61. The van der Waals surface area contributed by atoms with E-state index in [1.807, 2.05) is 6.07 Å². The molecule has 2 aromatic carbocycles. The van der Waals surface area contributed by atoms with E-state index in [-0.39, 0.29) is 5.91 Å². The van der Waals surface area contributed by atoms with Crippen molar-refractivity contribution in [2.45, 2.75) is 19.4 Å². The number of amides is 1. The van der Waals surface area contributed by atoms with Crippen molar-refractivity contribution >= 4 is 23.3 Å². The highest BCUT2D eigenvalue weighted by Crippen LogP contribution is 2.30. The molecule has 1 amide bonds. The van der Waals surface area contributed by atoms with Gasteiger partial charge < -0.3 is 15.7 Å². The Balaban J connectivity index is 1.87. The Kier molecular flexibility index (Phi) is 3.33. The van der Waals surface area contributed by atoms with E-state index >= 15 is 0 Å². The second kappa shape index (κ2) is 5.18. The summed E-state index contributed by atoms with van der Waals surface area (Å²) in [6.45, 7) is 2.14. The molecule has 3 rings (SSSR count). The van der Waals surface area contributed by atoms with Gasteiger partial charge in [-0.05, 0) is 42.3 Å². The maximum atomic E-state index is 12.5. The van der Waals surface area contributed by atoms with Crippen molar-refractivity contribution in [3.63, 3.8) is 0 Å². The molecule has 1 heterocycles. The number of benzene rings is 2. The van der Waals surface area contributed by atoms with Crippen LogP contribution in [0.3, 0.4) is 0 Å². The van der Waals surface area contributed by atoms with E-state index in [1.165, 1.54) is 0 Å². The summed E-state index contributed by atoms with van der Waals surface area (Å²) in [6, 6.07) is 12.4. The third-order valence-corrected chi connectivity index (χ3v) is 4.01. The number of carbonyl (C=O) groups is 2. The highest BCUT2D eigenvalue weighted by Gasteiger charge is 2.28. The molecule has 0 saturated carbocycles. The van der Waals surface area contributed by atoms with E-state index in [2.05, 4.69) is 0 Å². The quantitative estimate of drug-likeness (QED) is 0.853. The minimum absolute atomic E-state index is 0.0821. The molecule has 5 nitrogen and oxygen atoms in total. The number of carboxylic acid groups (broad SMARTS) is 1. The average molecular weight is 296 g/mol. The normalized spacial score (nSPS) is 14.8.